The molecule has 0 aliphatic heterocycles. The summed E-state index contributed by atoms with van der Waals surface area (Å²) in [7, 11) is 0. The SMILES string of the molecule is CCC[C@@H](C[C@@H](CC)C(N)=O)C(=O)O. The van der Waals surface area contributed by atoms with E-state index in [1.807, 2.05) is 13.8 Å². The summed E-state index contributed by atoms with van der Waals surface area (Å²) in [6.07, 6.45) is 2.41. The van der Waals surface area contributed by atoms with Crippen LogP contribution >= 0.6 is 0 Å². The molecule has 0 radical (unpaired) electrons. The number of hydrogen-bond donors (Lipinski definition) is 2. The average molecular weight is 201 g/mol. The minimum atomic E-state index is -0.827. The summed E-state index contributed by atoms with van der Waals surface area (Å²) in [5.41, 5.74) is 5.16. The van der Waals surface area contributed by atoms with Gasteiger partial charge in [-0.2, -0.15) is 0 Å². The van der Waals surface area contributed by atoms with Crippen LogP contribution in [0.15, 0.2) is 0 Å². The third-order valence-electron chi connectivity index (χ3n) is 2.45. The number of nitrogens with two attached hydrogens (primary N) is 1. The van der Waals surface area contributed by atoms with Crippen LogP contribution in [0.3, 0.4) is 0 Å². The highest BCUT2D eigenvalue weighted by molar-refractivity contribution is 5.78. The van der Waals surface area contributed by atoms with Crippen LogP contribution < -0.4 is 5.73 Å². The molecule has 0 unspecified atom stereocenters. The molecule has 0 rings (SSSR count). The van der Waals surface area contributed by atoms with Gasteiger partial charge in [0, 0.05) is 5.92 Å². The number of primary amides is 1. The van der Waals surface area contributed by atoms with E-state index in [9.17, 15) is 9.59 Å². The summed E-state index contributed by atoms with van der Waals surface area (Å²) >= 11 is 0. The molecule has 4 heteroatoms. The van der Waals surface area contributed by atoms with Gasteiger partial charge in [0.1, 0.15) is 0 Å². The summed E-state index contributed by atoms with van der Waals surface area (Å²) in [5.74, 6) is -1.96. The Balaban J connectivity index is 4.25. The molecule has 0 aromatic heterocycles. The second-order valence-electron chi connectivity index (χ2n) is 3.57. The zero-order valence-electron chi connectivity index (χ0n) is 8.82. The molecule has 0 aliphatic rings. The van der Waals surface area contributed by atoms with Crippen molar-refractivity contribution in [2.75, 3.05) is 0 Å². The monoisotopic (exact) mass is 201 g/mol. The maximum absolute atomic E-state index is 10.9. The van der Waals surface area contributed by atoms with Gasteiger partial charge < -0.3 is 10.8 Å². The molecule has 0 aromatic rings. The number of aliphatic carboxylic acids is 1. The van der Waals surface area contributed by atoms with Crippen molar-refractivity contribution >= 4 is 11.9 Å². The van der Waals surface area contributed by atoms with Crippen LogP contribution in [-0.4, -0.2) is 17.0 Å². The molecule has 4 nitrogen and oxygen atoms in total. The van der Waals surface area contributed by atoms with Crippen LogP contribution in [0.2, 0.25) is 0 Å². The van der Waals surface area contributed by atoms with E-state index in [1.165, 1.54) is 0 Å². The summed E-state index contributed by atoms with van der Waals surface area (Å²) < 4.78 is 0. The van der Waals surface area contributed by atoms with Crippen molar-refractivity contribution < 1.29 is 14.7 Å². The van der Waals surface area contributed by atoms with E-state index in [0.717, 1.165) is 6.42 Å². The summed E-state index contributed by atoms with van der Waals surface area (Å²) in [6.45, 7) is 3.78. The van der Waals surface area contributed by atoms with Gasteiger partial charge in [0.05, 0.1) is 5.92 Å². The minimum Gasteiger partial charge on any atom is -0.481 e. The highest BCUT2D eigenvalue weighted by Crippen LogP contribution is 2.19. The first-order valence-corrected chi connectivity index (χ1v) is 5.05. The lowest BCUT2D eigenvalue weighted by Gasteiger charge is -2.16. The van der Waals surface area contributed by atoms with Gasteiger partial charge in [-0.05, 0) is 19.3 Å². The van der Waals surface area contributed by atoms with Crippen molar-refractivity contribution in [3.8, 4) is 0 Å². The topological polar surface area (TPSA) is 80.4 Å². The molecule has 14 heavy (non-hydrogen) atoms. The molecule has 82 valence electrons. The average Bonchev–Trinajstić information content (AvgIpc) is 2.11. The van der Waals surface area contributed by atoms with Gasteiger partial charge >= 0.3 is 5.97 Å². The Kier molecular flexibility index (Phi) is 5.92. The van der Waals surface area contributed by atoms with E-state index >= 15 is 0 Å². The second kappa shape index (κ2) is 6.40. The lowest BCUT2D eigenvalue weighted by Crippen LogP contribution is -2.27. The van der Waals surface area contributed by atoms with E-state index < -0.39 is 17.8 Å². The lowest BCUT2D eigenvalue weighted by atomic mass is 9.89. The first-order chi connectivity index (χ1) is 6.52. The molecular weight excluding hydrogens is 182 g/mol. The first kappa shape index (κ1) is 12.9. The summed E-state index contributed by atoms with van der Waals surface area (Å²) in [6, 6.07) is 0. The van der Waals surface area contributed by atoms with E-state index in [-0.39, 0.29) is 5.92 Å². The molecule has 1 amide bonds. The predicted octanol–water partition coefficient (Wildman–Crippen LogP) is 1.39. The Bertz CT molecular complexity index is 204. The molecule has 0 heterocycles. The van der Waals surface area contributed by atoms with Gasteiger partial charge in [0.2, 0.25) is 5.91 Å². The maximum atomic E-state index is 10.9. The zero-order chi connectivity index (χ0) is 11.1. The zero-order valence-corrected chi connectivity index (χ0v) is 8.82. The van der Waals surface area contributed by atoms with Gasteiger partial charge in [-0.25, -0.2) is 0 Å². The van der Waals surface area contributed by atoms with Gasteiger partial charge in [0.25, 0.3) is 0 Å². The largest absolute Gasteiger partial charge is 0.481 e. The van der Waals surface area contributed by atoms with Crippen LogP contribution in [0, 0.1) is 11.8 Å². The molecule has 0 fully saturated rings. The van der Waals surface area contributed by atoms with Gasteiger partial charge in [0.15, 0.2) is 0 Å². The molecular formula is C10H19NO3. The molecule has 0 aliphatic carbocycles. The Morgan fingerprint density at radius 3 is 2.14 bits per heavy atom. The van der Waals surface area contributed by atoms with Crippen LogP contribution in [-0.2, 0) is 9.59 Å². The van der Waals surface area contributed by atoms with E-state index in [2.05, 4.69) is 0 Å². The fourth-order valence-electron chi connectivity index (χ4n) is 1.52. The fourth-order valence-corrected chi connectivity index (χ4v) is 1.52. The fraction of sp³-hybridized carbons (Fsp3) is 0.800. The predicted molar refractivity (Wildman–Crippen MR) is 53.6 cm³/mol. The van der Waals surface area contributed by atoms with Crippen molar-refractivity contribution in [2.24, 2.45) is 17.6 Å². The van der Waals surface area contributed by atoms with Crippen LogP contribution in [0.1, 0.15) is 39.5 Å². The van der Waals surface area contributed by atoms with Gasteiger partial charge in [-0.15, -0.1) is 0 Å². The number of carboxylic acid groups (broad SMARTS) is 1. The van der Waals surface area contributed by atoms with E-state index in [4.69, 9.17) is 10.8 Å². The summed E-state index contributed by atoms with van der Waals surface area (Å²) in [5, 5.41) is 8.88. The third kappa shape index (κ3) is 4.25. The number of carbonyl (C=O) groups is 2. The van der Waals surface area contributed by atoms with Crippen LogP contribution in [0.4, 0.5) is 0 Å². The molecule has 0 aromatic carbocycles. The Morgan fingerprint density at radius 1 is 1.29 bits per heavy atom. The number of rotatable bonds is 7. The Hall–Kier alpha value is -1.06. The quantitative estimate of drug-likeness (QED) is 0.653. The minimum absolute atomic E-state index is 0.303. The van der Waals surface area contributed by atoms with Crippen LogP contribution in [0.25, 0.3) is 0 Å². The Morgan fingerprint density at radius 2 is 1.86 bits per heavy atom. The molecule has 0 saturated heterocycles. The van der Waals surface area contributed by atoms with Gasteiger partial charge in [-0.1, -0.05) is 20.3 Å². The first-order valence-electron chi connectivity index (χ1n) is 5.05. The normalized spacial score (nSPS) is 14.7. The Labute approximate surface area is 84.5 Å². The van der Waals surface area contributed by atoms with Crippen molar-refractivity contribution in [1.29, 1.82) is 0 Å². The third-order valence-corrected chi connectivity index (χ3v) is 2.45. The molecule has 0 spiro atoms. The highest BCUT2D eigenvalue weighted by atomic mass is 16.4. The van der Waals surface area contributed by atoms with E-state index in [0.29, 0.717) is 19.3 Å². The van der Waals surface area contributed by atoms with E-state index in [1.54, 1.807) is 0 Å². The van der Waals surface area contributed by atoms with Crippen LogP contribution in [0.5, 0.6) is 0 Å². The highest BCUT2D eigenvalue weighted by Gasteiger charge is 2.23. The van der Waals surface area contributed by atoms with Crippen molar-refractivity contribution in [3.63, 3.8) is 0 Å². The lowest BCUT2D eigenvalue weighted by molar-refractivity contribution is -0.142. The smallest absolute Gasteiger partial charge is 0.306 e. The summed E-state index contributed by atoms with van der Waals surface area (Å²) in [4.78, 5) is 21.7. The van der Waals surface area contributed by atoms with Crippen molar-refractivity contribution in [3.05, 3.63) is 0 Å². The molecule has 0 saturated carbocycles. The molecule has 0 bridgehead atoms. The van der Waals surface area contributed by atoms with Crippen molar-refractivity contribution in [1.82, 2.24) is 0 Å². The molecule has 2 atom stereocenters. The molecule has 3 N–H and O–H groups in total. The number of carbonyl (C=O) groups excluding carboxylic acids is 1. The number of carboxylic acids is 1. The van der Waals surface area contributed by atoms with Gasteiger partial charge in [-0.3, -0.25) is 9.59 Å². The maximum Gasteiger partial charge on any atom is 0.306 e. The second-order valence-corrected chi connectivity index (χ2v) is 3.57. The standard InChI is InChI=1S/C10H19NO3/c1-3-5-8(10(13)14)6-7(4-2)9(11)12/h7-8H,3-6H2,1-2H3,(H2,11,12)(H,13,14)/t7-,8+/m1/s1. The number of amides is 1. The number of hydrogen-bond acceptors (Lipinski definition) is 2. The van der Waals surface area contributed by atoms with Crippen molar-refractivity contribution in [2.45, 2.75) is 39.5 Å².